The van der Waals surface area contributed by atoms with Gasteiger partial charge in [-0.15, -0.1) is 0 Å². The fraction of sp³-hybridized carbons (Fsp3) is 0.273. The van der Waals surface area contributed by atoms with Gasteiger partial charge in [0, 0.05) is 11.5 Å². The van der Waals surface area contributed by atoms with Crippen LogP contribution in [-0.4, -0.2) is 0 Å². The molecule has 1 aliphatic carbocycles. The second kappa shape index (κ2) is 2.67. The van der Waals surface area contributed by atoms with Gasteiger partial charge in [0.2, 0.25) is 0 Å². The van der Waals surface area contributed by atoms with E-state index < -0.39 is 0 Å². The van der Waals surface area contributed by atoms with Crippen LogP contribution in [0.25, 0.3) is 11.1 Å². The molecule has 0 unspecified atom stereocenters. The van der Waals surface area contributed by atoms with E-state index in [1.165, 1.54) is 11.1 Å². The summed E-state index contributed by atoms with van der Waals surface area (Å²) in [6, 6.07) is 8.32. The molecule has 0 bridgehead atoms. The van der Waals surface area contributed by atoms with Crippen LogP contribution in [0, 0.1) is 0 Å². The van der Waals surface area contributed by atoms with Crippen molar-refractivity contribution in [2.45, 2.75) is 19.8 Å². The maximum absolute atomic E-state index is 5.46. The fourth-order valence-corrected chi connectivity index (χ4v) is 1.31. The van der Waals surface area contributed by atoms with Gasteiger partial charge in [0.1, 0.15) is 5.76 Å². The van der Waals surface area contributed by atoms with Gasteiger partial charge in [-0.2, -0.15) is 0 Å². The van der Waals surface area contributed by atoms with Crippen molar-refractivity contribution in [1.29, 1.82) is 0 Å². The molecule has 0 atom stereocenters. The second-order valence-corrected chi connectivity index (χ2v) is 3.37. The monoisotopic (exact) mass is 160 g/mol. The molecule has 0 amide bonds. The van der Waals surface area contributed by atoms with E-state index in [9.17, 15) is 0 Å². The van der Waals surface area contributed by atoms with Gasteiger partial charge in [-0.25, -0.2) is 0 Å². The molecular formula is C11H12O. The zero-order valence-corrected chi connectivity index (χ0v) is 7.37. The Labute approximate surface area is 72.4 Å². The Balaban J connectivity index is 2.54. The SMILES string of the molecule is CC(C)c1cc2cccc-2co1. The van der Waals surface area contributed by atoms with Gasteiger partial charge in [0.05, 0.1) is 6.26 Å². The average molecular weight is 160 g/mol. The van der Waals surface area contributed by atoms with Gasteiger partial charge in [-0.05, 0) is 11.6 Å². The van der Waals surface area contributed by atoms with E-state index in [1.807, 2.05) is 12.3 Å². The van der Waals surface area contributed by atoms with E-state index in [1.54, 1.807) is 0 Å². The zero-order valence-electron chi connectivity index (χ0n) is 7.37. The molecule has 1 nitrogen and oxygen atoms in total. The summed E-state index contributed by atoms with van der Waals surface area (Å²) in [7, 11) is 0. The Morgan fingerprint density at radius 3 is 2.67 bits per heavy atom. The highest BCUT2D eigenvalue weighted by Crippen LogP contribution is 2.26. The van der Waals surface area contributed by atoms with Crippen molar-refractivity contribution < 1.29 is 4.42 Å². The first-order valence-electron chi connectivity index (χ1n) is 4.24. The molecule has 1 aliphatic heterocycles. The quantitative estimate of drug-likeness (QED) is 0.622. The van der Waals surface area contributed by atoms with Crippen LogP contribution < -0.4 is 0 Å². The third-order valence-electron chi connectivity index (χ3n) is 2.07. The molecule has 0 radical (unpaired) electrons. The van der Waals surface area contributed by atoms with Crippen LogP contribution in [0.3, 0.4) is 0 Å². The molecule has 0 N–H and O–H groups in total. The molecule has 0 aromatic rings. The van der Waals surface area contributed by atoms with Crippen molar-refractivity contribution in [3.05, 3.63) is 36.3 Å². The van der Waals surface area contributed by atoms with E-state index in [0.29, 0.717) is 5.92 Å². The van der Waals surface area contributed by atoms with Crippen molar-refractivity contribution >= 4 is 0 Å². The Bertz CT molecular complexity index is 346. The number of rotatable bonds is 1. The van der Waals surface area contributed by atoms with Crippen molar-refractivity contribution in [1.82, 2.24) is 0 Å². The molecule has 2 rings (SSSR count). The Kier molecular flexibility index (Phi) is 1.65. The molecule has 0 spiro atoms. The lowest BCUT2D eigenvalue weighted by Crippen LogP contribution is -1.87. The van der Waals surface area contributed by atoms with Crippen molar-refractivity contribution in [3.63, 3.8) is 0 Å². The maximum atomic E-state index is 5.46. The lowest BCUT2D eigenvalue weighted by molar-refractivity contribution is 0.472. The molecule has 0 saturated heterocycles. The predicted molar refractivity (Wildman–Crippen MR) is 49.4 cm³/mol. The zero-order chi connectivity index (χ0) is 8.55. The molecule has 0 aromatic carbocycles. The standard InChI is InChI=1S/C11H12O/c1-8(2)11-6-9-4-3-5-10(9)7-12-11/h3-8H,1-2H3. The topological polar surface area (TPSA) is 13.1 Å². The van der Waals surface area contributed by atoms with Crippen LogP contribution in [0.1, 0.15) is 25.5 Å². The van der Waals surface area contributed by atoms with Gasteiger partial charge in [0.25, 0.3) is 0 Å². The van der Waals surface area contributed by atoms with Crippen LogP contribution in [0.15, 0.2) is 34.9 Å². The first-order chi connectivity index (χ1) is 5.77. The maximum Gasteiger partial charge on any atom is 0.106 e. The lowest BCUT2D eigenvalue weighted by atomic mass is 10.1. The van der Waals surface area contributed by atoms with E-state index in [-0.39, 0.29) is 0 Å². The van der Waals surface area contributed by atoms with E-state index >= 15 is 0 Å². The van der Waals surface area contributed by atoms with E-state index in [2.05, 4.69) is 32.0 Å². The van der Waals surface area contributed by atoms with Gasteiger partial charge in [0.15, 0.2) is 0 Å². The summed E-state index contributed by atoms with van der Waals surface area (Å²) < 4.78 is 5.46. The second-order valence-electron chi connectivity index (χ2n) is 3.37. The van der Waals surface area contributed by atoms with Crippen molar-refractivity contribution in [3.8, 4) is 11.1 Å². The number of hydrogen-bond acceptors (Lipinski definition) is 1. The van der Waals surface area contributed by atoms with Crippen LogP contribution in [0.2, 0.25) is 0 Å². The molecule has 1 heterocycles. The van der Waals surface area contributed by atoms with Crippen LogP contribution in [-0.2, 0) is 0 Å². The highest BCUT2D eigenvalue weighted by atomic mass is 16.3. The number of hydrogen-bond donors (Lipinski definition) is 0. The first-order valence-corrected chi connectivity index (χ1v) is 4.24. The first kappa shape index (κ1) is 7.41. The van der Waals surface area contributed by atoms with E-state index in [4.69, 9.17) is 4.42 Å². The minimum Gasteiger partial charge on any atom is -0.468 e. The molecule has 2 aliphatic rings. The van der Waals surface area contributed by atoms with Crippen molar-refractivity contribution in [2.24, 2.45) is 0 Å². The third kappa shape index (κ3) is 1.11. The molecule has 12 heavy (non-hydrogen) atoms. The summed E-state index contributed by atoms with van der Waals surface area (Å²) in [5.74, 6) is 1.51. The normalized spacial score (nSPS) is 11.2. The van der Waals surface area contributed by atoms with Gasteiger partial charge < -0.3 is 4.42 Å². The molecule has 0 aromatic heterocycles. The predicted octanol–water partition coefficient (Wildman–Crippen LogP) is 3.51. The molecule has 1 heteroatoms. The summed E-state index contributed by atoms with van der Waals surface area (Å²) in [4.78, 5) is 0. The summed E-state index contributed by atoms with van der Waals surface area (Å²) >= 11 is 0. The highest BCUT2D eigenvalue weighted by Gasteiger charge is 2.06. The van der Waals surface area contributed by atoms with Crippen LogP contribution in [0.5, 0.6) is 0 Å². The van der Waals surface area contributed by atoms with Crippen molar-refractivity contribution in [2.75, 3.05) is 0 Å². The van der Waals surface area contributed by atoms with Gasteiger partial charge >= 0.3 is 0 Å². The van der Waals surface area contributed by atoms with Crippen LogP contribution >= 0.6 is 0 Å². The van der Waals surface area contributed by atoms with Crippen LogP contribution in [0.4, 0.5) is 0 Å². The Morgan fingerprint density at radius 2 is 1.92 bits per heavy atom. The summed E-state index contributed by atoms with van der Waals surface area (Å²) in [5.41, 5.74) is 2.45. The molecule has 0 saturated carbocycles. The minimum absolute atomic E-state index is 0.462. The Morgan fingerprint density at radius 1 is 1.17 bits per heavy atom. The summed E-state index contributed by atoms with van der Waals surface area (Å²) in [5, 5.41) is 0. The summed E-state index contributed by atoms with van der Waals surface area (Å²) in [6.07, 6.45) is 1.82. The fourth-order valence-electron chi connectivity index (χ4n) is 1.31. The summed E-state index contributed by atoms with van der Waals surface area (Å²) in [6.45, 7) is 4.27. The molecule has 62 valence electrons. The highest BCUT2D eigenvalue weighted by molar-refractivity contribution is 5.65. The van der Waals surface area contributed by atoms with Gasteiger partial charge in [-0.1, -0.05) is 32.0 Å². The largest absolute Gasteiger partial charge is 0.468 e. The molecule has 0 fully saturated rings. The average Bonchev–Trinajstić information content (AvgIpc) is 2.49. The van der Waals surface area contributed by atoms with E-state index in [0.717, 1.165) is 5.76 Å². The Hall–Kier alpha value is -1.24. The smallest absolute Gasteiger partial charge is 0.106 e. The number of fused-ring (bicyclic) bond motifs is 1. The lowest BCUT2D eigenvalue weighted by Gasteiger charge is -2.05. The molecular weight excluding hydrogens is 148 g/mol. The third-order valence-corrected chi connectivity index (χ3v) is 2.07. The minimum atomic E-state index is 0.462. The van der Waals surface area contributed by atoms with Gasteiger partial charge in [-0.3, -0.25) is 0 Å².